The number of rotatable bonds is 9. The van der Waals surface area contributed by atoms with Gasteiger partial charge in [0.05, 0.1) is 30.4 Å². The molecule has 0 aliphatic carbocycles. The molecule has 0 bridgehead atoms. The second-order valence-corrected chi connectivity index (χ2v) is 8.93. The lowest BCUT2D eigenvalue weighted by molar-refractivity contribution is 0.245. The van der Waals surface area contributed by atoms with Crippen molar-refractivity contribution in [2.75, 3.05) is 39.8 Å². The molecule has 2 N–H and O–H groups in total. The topological polar surface area (TPSA) is 61.8 Å². The summed E-state index contributed by atoms with van der Waals surface area (Å²) >= 11 is 1.78. The zero-order valence-electron chi connectivity index (χ0n) is 19.1. The van der Waals surface area contributed by atoms with Crippen molar-refractivity contribution in [3.63, 3.8) is 0 Å². The Morgan fingerprint density at radius 2 is 1.97 bits per heavy atom. The molecule has 1 fully saturated rings. The summed E-state index contributed by atoms with van der Waals surface area (Å²) in [7, 11) is 1.75. The van der Waals surface area contributed by atoms with Crippen LogP contribution in [0.3, 0.4) is 0 Å². The molecule has 1 saturated heterocycles. The Bertz CT molecular complexity index is 816. The van der Waals surface area contributed by atoms with E-state index in [1.54, 1.807) is 18.4 Å². The van der Waals surface area contributed by atoms with Gasteiger partial charge in [-0.1, -0.05) is 18.2 Å². The highest BCUT2D eigenvalue weighted by Gasteiger charge is 2.25. The Balaban J connectivity index is 0.00000341. The monoisotopic (exact) mass is 557 g/mol. The standard InChI is InChI=1S/C23H35N5OS.HI/c1-5-24-23(25-13-12-22-27-17(2)18(3)30-22)26-16-20(28-14-8-9-15-28)19-10-6-7-11-21(19)29-4;/h6-7,10-11,20H,5,8-9,12-16H2,1-4H3,(H2,24,25,26);1H. The van der Waals surface area contributed by atoms with Gasteiger partial charge in [-0.05, 0) is 52.8 Å². The fourth-order valence-corrected chi connectivity index (χ4v) is 4.79. The van der Waals surface area contributed by atoms with Crippen LogP contribution in [0.2, 0.25) is 0 Å². The number of nitrogens with zero attached hydrogens (tertiary/aromatic N) is 3. The lowest BCUT2D eigenvalue weighted by atomic mass is 10.0. The number of hydrogen-bond acceptors (Lipinski definition) is 5. The maximum absolute atomic E-state index is 5.65. The minimum Gasteiger partial charge on any atom is -0.496 e. The summed E-state index contributed by atoms with van der Waals surface area (Å²) in [5.74, 6) is 1.80. The van der Waals surface area contributed by atoms with Crippen molar-refractivity contribution in [2.45, 2.75) is 46.1 Å². The van der Waals surface area contributed by atoms with Crippen LogP contribution in [0.15, 0.2) is 29.3 Å². The number of aliphatic imine (C=N–C) groups is 1. The van der Waals surface area contributed by atoms with Crippen molar-refractivity contribution in [3.8, 4) is 5.75 Å². The molecule has 1 aromatic carbocycles. The van der Waals surface area contributed by atoms with Gasteiger partial charge in [-0.2, -0.15) is 0 Å². The molecule has 1 aromatic heterocycles. The molecular weight excluding hydrogens is 521 g/mol. The van der Waals surface area contributed by atoms with E-state index >= 15 is 0 Å². The average molecular weight is 558 g/mol. The summed E-state index contributed by atoms with van der Waals surface area (Å²) in [5.41, 5.74) is 2.36. The normalized spacial score (nSPS) is 15.4. The first kappa shape index (κ1) is 25.9. The minimum atomic E-state index is 0. The molecule has 0 saturated carbocycles. The van der Waals surface area contributed by atoms with Crippen molar-refractivity contribution in [3.05, 3.63) is 45.4 Å². The molecule has 1 aliphatic rings. The van der Waals surface area contributed by atoms with Gasteiger partial charge in [-0.3, -0.25) is 9.89 Å². The number of nitrogens with one attached hydrogen (secondary N) is 2. The van der Waals surface area contributed by atoms with Gasteiger partial charge in [0.15, 0.2) is 5.96 Å². The number of aromatic nitrogens is 1. The number of ether oxygens (including phenoxy) is 1. The van der Waals surface area contributed by atoms with Gasteiger partial charge in [-0.15, -0.1) is 35.3 Å². The molecule has 2 aromatic rings. The van der Waals surface area contributed by atoms with Crippen molar-refractivity contribution in [2.24, 2.45) is 4.99 Å². The van der Waals surface area contributed by atoms with E-state index in [9.17, 15) is 0 Å². The van der Waals surface area contributed by atoms with Gasteiger partial charge in [0.1, 0.15) is 5.75 Å². The molecule has 1 unspecified atom stereocenters. The summed E-state index contributed by atoms with van der Waals surface area (Å²) in [4.78, 5) is 13.4. The second-order valence-electron chi connectivity index (χ2n) is 7.65. The lowest BCUT2D eigenvalue weighted by Crippen LogP contribution is -2.39. The Morgan fingerprint density at radius 1 is 1.23 bits per heavy atom. The van der Waals surface area contributed by atoms with Crippen molar-refractivity contribution in [1.82, 2.24) is 20.5 Å². The van der Waals surface area contributed by atoms with E-state index in [0.29, 0.717) is 6.54 Å². The van der Waals surface area contributed by atoms with Crippen molar-refractivity contribution in [1.29, 1.82) is 0 Å². The molecule has 1 atom stereocenters. The summed E-state index contributed by atoms with van der Waals surface area (Å²) < 4.78 is 5.65. The van der Waals surface area contributed by atoms with E-state index in [1.165, 1.54) is 28.3 Å². The van der Waals surface area contributed by atoms with Gasteiger partial charge >= 0.3 is 0 Å². The third-order valence-corrected chi connectivity index (χ3v) is 6.68. The maximum atomic E-state index is 5.65. The molecule has 172 valence electrons. The number of para-hydroxylation sites is 1. The van der Waals surface area contributed by atoms with Crippen molar-refractivity contribution < 1.29 is 4.74 Å². The predicted molar refractivity (Wildman–Crippen MR) is 141 cm³/mol. The van der Waals surface area contributed by atoms with Crippen LogP contribution in [0.5, 0.6) is 5.75 Å². The van der Waals surface area contributed by atoms with E-state index in [1.807, 2.05) is 12.1 Å². The number of hydrogen-bond donors (Lipinski definition) is 2. The minimum absolute atomic E-state index is 0. The number of halogens is 1. The highest BCUT2D eigenvalue weighted by atomic mass is 127. The highest BCUT2D eigenvalue weighted by molar-refractivity contribution is 14.0. The Morgan fingerprint density at radius 3 is 2.61 bits per heavy atom. The van der Waals surface area contributed by atoms with E-state index < -0.39 is 0 Å². The fraction of sp³-hybridized carbons (Fsp3) is 0.565. The Labute approximate surface area is 207 Å². The molecule has 1 aliphatic heterocycles. The molecule has 6 nitrogen and oxygen atoms in total. The number of likely N-dealkylation sites (tertiary alicyclic amines) is 1. The molecule has 8 heteroatoms. The third-order valence-electron chi connectivity index (χ3n) is 5.55. The molecule has 2 heterocycles. The molecule has 0 radical (unpaired) electrons. The number of methoxy groups -OCH3 is 1. The van der Waals surface area contributed by atoms with Crippen LogP contribution in [-0.2, 0) is 6.42 Å². The zero-order valence-corrected chi connectivity index (χ0v) is 22.3. The largest absolute Gasteiger partial charge is 0.496 e. The maximum Gasteiger partial charge on any atom is 0.191 e. The first-order valence-corrected chi connectivity index (χ1v) is 11.8. The van der Waals surface area contributed by atoms with Gasteiger partial charge in [-0.25, -0.2) is 4.98 Å². The van der Waals surface area contributed by atoms with Crippen LogP contribution in [0.1, 0.15) is 46.9 Å². The predicted octanol–water partition coefficient (Wildman–Crippen LogP) is 4.32. The number of guanidine groups is 1. The first-order valence-electron chi connectivity index (χ1n) is 10.9. The van der Waals surface area contributed by atoms with Gasteiger partial charge < -0.3 is 15.4 Å². The zero-order chi connectivity index (χ0) is 21.3. The average Bonchev–Trinajstić information content (AvgIpc) is 3.38. The van der Waals surface area contributed by atoms with Crippen molar-refractivity contribution >= 4 is 41.3 Å². The molecule has 31 heavy (non-hydrogen) atoms. The molecule has 3 rings (SSSR count). The highest BCUT2D eigenvalue weighted by Crippen LogP contribution is 2.31. The van der Waals surface area contributed by atoms with Gasteiger partial charge in [0, 0.05) is 30.0 Å². The summed E-state index contributed by atoms with van der Waals surface area (Å²) in [6, 6.07) is 8.56. The number of benzene rings is 1. The second kappa shape index (κ2) is 13.2. The number of aryl methyl sites for hydroxylation is 2. The van der Waals surface area contributed by atoms with E-state index in [-0.39, 0.29) is 30.0 Å². The number of thiazole rings is 1. The van der Waals surface area contributed by atoms with Crippen LogP contribution < -0.4 is 15.4 Å². The molecule has 0 amide bonds. The summed E-state index contributed by atoms with van der Waals surface area (Å²) in [6.45, 7) is 10.9. The van der Waals surface area contributed by atoms with Gasteiger partial charge in [0.2, 0.25) is 0 Å². The summed E-state index contributed by atoms with van der Waals surface area (Å²) in [5, 5.41) is 8.04. The molecule has 0 spiro atoms. The van der Waals surface area contributed by atoms with E-state index in [0.717, 1.165) is 50.0 Å². The van der Waals surface area contributed by atoms with Crippen LogP contribution >= 0.6 is 35.3 Å². The van der Waals surface area contributed by atoms with E-state index in [2.05, 4.69) is 53.4 Å². The van der Waals surface area contributed by atoms with Crippen LogP contribution in [0, 0.1) is 13.8 Å². The van der Waals surface area contributed by atoms with Gasteiger partial charge in [0.25, 0.3) is 0 Å². The third kappa shape index (κ3) is 7.32. The lowest BCUT2D eigenvalue weighted by Gasteiger charge is -2.28. The van der Waals surface area contributed by atoms with Crippen LogP contribution in [-0.4, -0.2) is 55.7 Å². The van der Waals surface area contributed by atoms with E-state index in [4.69, 9.17) is 9.73 Å². The quantitative estimate of drug-likeness (QED) is 0.273. The fourth-order valence-electron chi connectivity index (χ4n) is 3.86. The SMILES string of the molecule is CCNC(=NCC(c1ccccc1OC)N1CCCC1)NCCc1nc(C)c(C)s1.I. The first-order chi connectivity index (χ1) is 14.6. The summed E-state index contributed by atoms with van der Waals surface area (Å²) in [6.07, 6.45) is 3.41. The molecular formula is C23H36IN5OS. The smallest absolute Gasteiger partial charge is 0.191 e. The van der Waals surface area contributed by atoms with Crippen LogP contribution in [0.25, 0.3) is 0 Å². The Hall–Kier alpha value is -1.39. The van der Waals surface area contributed by atoms with Crippen LogP contribution in [0.4, 0.5) is 0 Å². The Kier molecular flexibility index (Phi) is 11.0.